The summed E-state index contributed by atoms with van der Waals surface area (Å²) in [6.45, 7) is 2.83. The smallest absolute Gasteiger partial charge is 0.354 e. The molecule has 1 atom stereocenters. The van der Waals surface area contributed by atoms with E-state index in [-0.39, 0.29) is 9.77 Å². The third-order valence-corrected chi connectivity index (χ3v) is 8.22. The molecule has 0 spiro atoms. The second-order valence-corrected chi connectivity index (χ2v) is 10.6. The number of aliphatic hydroxyl groups is 1. The minimum Gasteiger partial charge on any atom is -0.386 e. The van der Waals surface area contributed by atoms with Crippen LogP contribution in [0.25, 0.3) is 0 Å². The van der Waals surface area contributed by atoms with Gasteiger partial charge in [0.05, 0.1) is 5.60 Å². The van der Waals surface area contributed by atoms with Crippen molar-refractivity contribution in [3.05, 3.63) is 45.1 Å². The number of anilines is 1. The van der Waals surface area contributed by atoms with Crippen LogP contribution < -0.4 is 10.5 Å². The Hall–Kier alpha value is -1.81. The number of fused-ring (bicyclic) bond motifs is 2. The van der Waals surface area contributed by atoms with Crippen LogP contribution in [0.2, 0.25) is 0 Å². The van der Waals surface area contributed by atoms with Gasteiger partial charge in [-0.05, 0) is 68.2 Å². The molecule has 2 amide bonds. The number of urea groups is 1. The third-order valence-electron chi connectivity index (χ3n) is 5.32. The van der Waals surface area contributed by atoms with Crippen molar-refractivity contribution in [2.75, 3.05) is 5.32 Å². The van der Waals surface area contributed by atoms with Crippen molar-refractivity contribution in [3.8, 4) is 0 Å². The van der Waals surface area contributed by atoms with Crippen molar-refractivity contribution in [2.45, 2.75) is 55.8 Å². The minimum absolute atomic E-state index is 0.0245. The molecular weight excluding hydrogens is 401 g/mol. The Morgan fingerprint density at radius 2 is 1.96 bits per heavy atom. The fourth-order valence-electron chi connectivity index (χ4n) is 3.82. The van der Waals surface area contributed by atoms with Gasteiger partial charge in [-0.25, -0.2) is 18.5 Å². The van der Waals surface area contributed by atoms with E-state index in [2.05, 4.69) is 15.7 Å². The number of amides is 2. The molecule has 28 heavy (non-hydrogen) atoms. The fourth-order valence-corrected chi connectivity index (χ4v) is 6.20. The minimum atomic E-state index is -3.77. The van der Waals surface area contributed by atoms with Crippen LogP contribution in [-0.4, -0.2) is 15.3 Å². The van der Waals surface area contributed by atoms with Gasteiger partial charge in [-0.2, -0.15) is 0 Å². The van der Waals surface area contributed by atoms with Crippen LogP contribution in [0.1, 0.15) is 48.1 Å². The summed E-state index contributed by atoms with van der Waals surface area (Å²) in [6, 6.07) is 1.36. The van der Waals surface area contributed by atoms with E-state index in [9.17, 15) is 18.5 Å². The summed E-state index contributed by atoms with van der Waals surface area (Å²) in [6.07, 6.45) is 4.76. The molecule has 0 radical (unpaired) electrons. The van der Waals surface area contributed by atoms with E-state index >= 15 is 0 Å². The first kappa shape index (κ1) is 19.5. The van der Waals surface area contributed by atoms with Gasteiger partial charge in [0.25, 0.3) is 0 Å². The standard InChI is InChI=1S/C19H22FN3O3S2/c1-19(2,25)14-9-27-17(15(14)20)28(21,26)23-18(24)22-16-12-5-3-4-10(12)8-11-6-7-13(11)16/h8-9,25H,3-7H2,1-2H3,(H3,21,22,23,24,26)/t28-/m0/s1. The maximum absolute atomic E-state index is 14.6. The van der Waals surface area contributed by atoms with Crippen molar-refractivity contribution in [1.29, 1.82) is 0 Å². The van der Waals surface area contributed by atoms with Gasteiger partial charge in [0, 0.05) is 16.6 Å². The summed E-state index contributed by atoms with van der Waals surface area (Å²) in [5, 5.41) is 19.8. The van der Waals surface area contributed by atoms with Crippen molar-refractivity contribution in [2.24, 2.45) is 9.50 Å². The molecule has 6 nitrogen and oxygen atoms in total. The molecular formula is C19H22FN3O3S2. The quantitative estimate of drug-likeness (QED) is 0.702. The first-order chi connectivity index (χ1) is 13.1. The van der Waals surface area contributed by atoms with Gasteiger partial charge in [-0.15, -0.1) is 15.7 Å². The Bertz CT molecular complexity index is 1110. The van der Waals surface area contributed by atoms with E-state index < -0.39 is 27.4 Å². The molecule has 150 valence electrons. The Morgan fingerprint density at radius 3 is 2.57 bits per heavy atom. The maximum atomic E-state index is 14.6. The number of carbonyl (C=O) groups is 1. The lowest BCUT2D eigenvalue weighted by Gasteiger charge is -2.25. The van der Waals surface area contributed by atoms with Gasteiger partial charge < -0.3 is 10.4 Å². The molecule has 2 aliphatic rings. The van der Waals surface area contributed by atoms with E-state index in [0.717, 1.165) is 60.3 Å². The summed E-state index contributed by atoms with van der Waals surface area (Å²) < 4.78 is 30.6. The molecule has 0 fully saturated rings. The molecule has 1 aromatic carbocycles. The first-order valence-corrected chi connectivity index (χ1v) is 11.6. The second-order valence-electron chi connectivity index (χ2n) is 7.78. The summed E-state index contributed by atoms with van der Waals surface area (Å²) >= 11 is 0.786. The highest BCUT2D eigenvalue weighted by Crippen LogP contribution is 2.40. The molecule has 1 aromatic heterocycles. The van der Waals surface area contributed by atoms with E-state index in [1.165, 1.54) is 30.4 Å². The van der Waals surface area contributed by atoms with Crippen molar-refractivity contribution in [3.63, 3.8) is 0 Å². The fraction of sp³-hybridized carbons (Fsp3) is 0.421. The average Bonchev–Trinajstić information content (AvgIpc) is 3.15. The lowest BCUT2D eigenvalue weighted by Crippen LogP contribution is -2.22. The van der Waals surface area contributed by atoms with Crippen molar-refractivity contribution in [1.82, 2.24) is 0 Å². The lowest BCUT2D eigenvalue weighted by atomic mass is 9.83. The maximum Gasteiger partial charge on any atom is 0.354 e. The number of thiophene rings is 1. The number of rotatable bonds is 3. The van der Waals surface area contributed by atoms with Gasteiger partial charge in [0.15, 0.2) is 19.9 Å². The Morgan fingerprint density at radius 1 is 1.29 bits per heavy atom. The number of aryl methyl sites for hydroxylation is 2. The monoisotopic (exact) mass is 423 g/mol. The van der Waals surface area contributed by atoms with Crippen LogP contribution in [0.3, 0.4) is 0 Å². The summed E-state index contributed by atoms with van der Waals surface area (Å²) in [4.78, 5) is 12.5. The molecule has 0 bridgehead atoms. The van der Waals surface area contributed by atoms with Gasteiger partial charge in [-0.1, -0.05) is 6.07 Å². The zero-order chi connectivity index (χ0) is 20.3. The largest absolute Gasteiger partial charge is 0.386 e. The number of halogens is 1. The molecule has 0 saturated heterocycles. The van der Waals surface area contributed by atoms with E-state index in [4.69, 9.17) is 5.14 Å². The molecule has 1 heterocycles. The topological polar surface area (TPSA) is 105 Å². The van der Waals surface area contributed by atoms with E-state index in [1.54, 1.807) is 0 Å². The number of hydrogen-bond donors (Lipinski definition) is 3. The van der Waals surface area contributed by atoms with Crippen molar-refractivity contribution >= 4 is 33.0 Å². The van der Waals surface area contributed by atoms with Crippen LogP contribution >= 0.6 is 11.3 Å². The van der Waals surface area contributed by atoms with Gasteiger partial charge in [0.1, 0.15) is 0 Å². The molecule has 0 saturated carbocycles. The highest BCUT2D eigenvalue weighted by Gasteiger charge is 2.30. The number of hydrogen-bond acceptors (Lipinski definition) is 4. The highest BCUT2D eigenvalue weighted by atomic mass is 32.2. The second kappa shape index (κ2) is 6.62. The Labute approximate surface area is 167 Å². The molecule has 0 aliphatic heterocycles. The molecule has 4 rings (SSSR count). The summed E-state index contributed by atoms with van der Waals surface area (Å²) in [5.41, 5.74) is 3.94. The highest BCUT2D eigenvalue weighted by molar-refractivity contribution is 7.93. The normalized spacial score (nSPS) is 17.3. The zero-order valence-electron chi connectivity index (χ0n) is 15.7. The van der Waals surface area contributed by atoms with Gasteiger partial charge in [0.2, 0.25) is 0 Å². The molecule has 0 unspecified atom stereocenters. The number of carbonyl (C=O) groups excluding carboxylic acids is 1. The SMILES string of the molecule is CC(C)(O)c1csc([S@@](N)(=O)=NC(=O)Nc2c3c(cc4c2CC4)CCC3)c1F. The van der Waals surface area contributed by atoms with Gasteiger partial charge >= 0.3 is 6.03 Å². The number of nitrogens with one attached hydrogen (secondary N) is 1. The number of nitrogens with zero attached hydrogens (tertiary/aromatic N) is 1. The number of nitrogens with two attached hydrogens (primary N) is 1. The van der Waals surface area contributed by atoms with Crippen molar-refractivity contribution < 1.29 is 18.5 Å². The first-order valence-electron chi connectivity index (χ1n) is 9.10. The third kappa shape index (κ3) is 3.26. The van der Waals surface area contributed by atoms with Crippen LogP contribution in [-0.2, 0) is 41.2 Å². The summed E-state index contributed by atoms with van der Waals surface area (Å²) in [5.74, 6) is -0.883. The average molecular weight is 424 g/mol. The summed E-state index contributed by atoms with van der Waals surface area (Å²) in [7, 11) is -3.77. The predicted octanol–water partition coefficient (Wildman–Crippen LogP) is 3.63. The molecule has 2 aliphatic carbocycles. The Balaban J connectivity index is 1.67. The lowest BCUT2D eigenvalue weighted by molar-refractivity contribution is 0.0748. The van der Waals surface area contributed by atoms with Crippen LogP contribution in [0.5, 0.6) is 0 Å². The molecule has 9 heteroatoms. The van der Waals surface area contributed by atoms with Gasteiger partial charge in [-0.3, -0.25) is 0 Å². The Kier molecular flexibility index (Phi) is 4.61. The van der Waals surface area contributed by atoms with Crippen LogP contribution in [0, 0.1) is 5.82 Å². The molecule has 2 aromatic rings. The zero-order valence-corrected chi connectivity index (χ0v) is 17.3. The van der Waals surface area contributed by atoms with Crippen LogP contribution in [0.4, 0.5) is 14.9 Å². The number of benzene rings is 1. The van der Waals surface area contributed by atoms with E-state index in [0.29, 0.717) is 0 Å². The molecule has 4 N–H and O–H groups in total. The van der Waals surface area contributed by atoms with E-state index in [1.807, 2.05) is 0 Å². The predicted molar refractivity (Wildman–Crippen MR) is 107 cm³/mol. The van der Waals surface area contributed by atoms with Crippen LogP contribution in [0.15, 0.2) is 20.0 Å².